The molecular weight excluding hydrogens is 437 g/mol. The summed E-state index contributed by atoms with van der Waals surface area (Å²) in [6.07, 6.45) is -1.85. The first-order valence-corrected chi connectivity index (χ1v) is 8.44. The molecule has 3 rings (SSSR count). The van der Waals surface area contributed by atoms with Crippen LogP contribution in [0.3, 0.4) is 0 Å². The summed E-state index contributed by atoms with van der Waals surface area (Å²) in [6, 6.07) is 3.59. The number of carbonyl (C=O) groups excluding carboxylic acids is 1. The molecule has 29 heavy (non-hydrogen) atoms. The van der Waals surface area contributed by atoms with E-state index in [9.17, 15) is 22.4 Å². The van der Waals surface area contributed by atoms with Crippen molar-refractivity contribution in [1.29, 1.82) is 0 Å². The summed E-state index contributed by atoms with van der Waals surface area (Å²) in [6.45, 7) is 0.897. The Morgan fingerprint density at radius 3 is 2.38 bits per heavy atom. The first-order valence-electron chi connectivity index (χ1n) is 8.44. The number of piperazine rings is 1. The number of alkyl halides is 3. The minimum absolute atomic E-state index is 0. The fourth-order valence-electron chi connectivity index (χ4n) is 3.00. The molecular formula is C17H21Cl2F4N5O. The maximum Gasteiger partial charge on any atom is 0.405 e. The fraction of sp³-hybridized carbons (Fsp3) is 0.412. The van der Waals surface area contributed by atoms with E-state index in [1.54, 1.807) is 0 Å². The number of imidazole rings is 1. The molecule has 1 aromatic carbocycles. The van der Waals surface area contributed by atoms with Gasteiger partial charge in [0.15, 0.2) is 0 Å². The number of nitrogens with zero attached hydrogens (tertiary/aromatic N) is 3. The lowest BCUT2D eigenvalue weighted by Crippen LogP contribution is -2.57. The van der Waals surface area contributed by atoms with Gasteiger partial charge in [-0.05, 0) is 24.3 Å². The summed E-state index contributed by atoms with van der Waals surface area (Å²) in [7, 11) is 0. The van der Waals surface area contributed by atoms with Gasteiger partial charge in [-0.2, -0.15) is 13.2 Å². The van der Waals surface area contributed by atoms with Gasteiger partial charge in [-0.25, -0.2) is 9.37 Å². The average molecular weight is 458 g/mol. The monoisotopic (exact) mass is 457 g/mol. The maximum absolute atomic E-state index is 13.4. The van der Waals surface area contributed by atoms with Crippen molar-refractivity contribution in [2.24, 2.45) is 0 Å². The van der Waals surface area contributed by atoms with Crippen LogP contribution in [0.15, 0.2) is 36.8 Å². The van der Waals surface area contributed by atoms with Crippen LogP contribution in [-0.2, 0) is 0 Å². The van der Waals surface area contributed by atoms with Gasteiger partial charge in [0.2, 0.25) is 0 Å². The summed E-state index contributed by atoms with van der Waals surface area (Å²) in [5.74, 6) is -1.12. The summed E-state index contributed by atoms with van der Waals surface area (Å²) >= 11 is 0. The molecule has 6 nitrogen and oxygen atoms in total. The molecule has 1 aromatic heterocycles. The molecule has 2 N–H and O–H groups in total. The van der Waals surface area contributed by atoms with E-state index in [0.29, 0.717) is 18.8 Å². The van der Waals surface area contributed by atoms with Crippen molar-refractivity contribution in [2.45, 2.75) is 12.2 Å². The number of benzene rings is 1. The van der Waals surface area contributed by atoms with E-state index >= 15 is 0 Å². The molecule has 1 fully saturated rings. The summed E-state index contributed by atoms with van der Waals surface area (Å²) in [5, 5.41) is 5.36. The lowest BCUT2D eigenvalue weighted by molar-refractivity contribution is -0.183. The second-order valence-electron chi connectivity index (χ2n) is 6.18. The molecule has 12 heteroatoms. The van der Waals surface area contributed by atoms with E-state index in [-0.39, 0.29) is 43.6 Å². The number of nitrogens with one attached hydrogen (secondary N) is 2. The van der Waals surface area contributed by atoms with Crippen molar-refractivity contribution in [1.82, 2.24) is 25.1 Å². The van der Waals surface area contributed by atoms with Crippen LogP contribution in [0.4, 0.5) is 17.6 Å². The van der Waals surface area contributed by atoms with Gasteiger partial charge in [-0.3, -0.25) is 14.3 Å². The van der Waals surface area contributed by atoms with Crippen LogP contribution < -0.4 is 10.6 Å². The molecule has 162 valence electrons. The summed E-state index contributed by atoms with van der Waals surface area (Å²) < 4.78 is 54.7. The Kier molecular flexibility index (Phi) is 9.34. The Hall–Kier alpha value is -1.88. The quantitative estimate of drug-likeness (QED) is 0.676. The van der Waals surface area contributed by atoms with E-state index in [1.165, 1.54) is 46.3 Å². The highest BCUT2D eigenvalue weighted by Gasteiger charge is 2.43. The topological polar surface area (TPSA) is 62.2 Å². The molecule has 1 saturated heterocycles. The van der Waals surface area contributed by atoms with Crippen molar-refractivity contribution in [3.05, 3.63) is 48.3 Å². The highest BCUT2D eigenvalue weighted by molar-refractivity contribution is 5.93. The number of hydrogen-bond acceptors (Lipinski definition) is 4. The van der Waals surface area contributed by atoms with Gasteiger partial charge in [0.05, 0.1) is 12.5 Å². The molecule has 0 spiro atoms. The first kappa shape index (κ1) is 25.2. The number of halogens is 6. The molecule has 1 unspecified atom stereocenters. The van der Waals surface area contributed by atoms with Crippen LogP contribution in [0.2, 0.25) is 0 Å². The van der Waals surface area contributed by atoms with Gasteiger partial charge in [0.25, 0.3) is 5.91 Å². The second-order valence-corrected chi connectivity index (χ2v) is 6.18. The minimum Gasteiger partial charge on any atom is -0.349 e. The number of rotatable bonds is 5. The number of amides is 1. The lowest BCUT2D eigenvalue weighted by atomic mass is 10.2. The van der Waals surface area contributed by atoms with Gasteiger partial charge in [0.1, 0.15) is 17.6 Å². The van der Waals surface area contributed by atoms with Crippen LogP contribution in [0.25, 0.3) is 5.69 Å². The normalized spacial score (nSPS) is 15.7. The van der Waals surface area contributed by atoms with Crippen LogP contribution in [0.1, 0.15) is 10.5 Å². The van der Waals surface area contributed by atoms with E-state index in [2.05, 4.69) is 15.6 Å². The van der Waals surface area contributed by atoms with Crippen molar-refractivity contribution in [3.63, 3.8) is 0 Å². The summed E-state index contributed by atoms with van der Waals surface area (Å²) in [5.41, 5.74) is 0.552. The van der Waals surface area contributed by atoms with Crippen molar-refractivity contribution in [3.8, 4) is 5.69 Å². The Morgan fingerprint density at radius 1 is 1.17 bits per heavy atom. The third-order valence-electron chi connectivity index (χ3n) is 4.40. The Bertz CT molecular complexity index is 779. The van der Waals surface area contributed by atoms with Gasteiger partial charge in [0, 0.05) is 38.4 Å². The van der Waals surface area contributed by atoms with Crippen LogP contribution in [0, 0.1) is 5.82 Å². The predicted molar refractivity (Wildman–Crippen MR) is 105 cm³/mol. The van der Waals surface area contributed by atoms with Crippen molar-refractivity contribution in [2.75, 3.05) is 32.7 Å². The average Bonchev–Trinajstić information content (AvgIpc) is 3.12. The van der Waals surface area contributed by atoms with Crippen molar-refractivity contribution < 1.29 is 22.4 Å². The molecule has 1 amide bonds. The van der Waals surface area contributed by atoms with Gasteiger partial charge in [-0.15, -0.1) is 24.8 Å². The molecule has 0 radical (unpaired) electrons. The standard InChI is InChI=1S/C17H19F4N5O.2ClH/c18-12-1-3-13(4-2-12)26-11-23-9-14(26)16(27)24-10-15(17(19,20)21)25-7-5-22-6-8-25;;/h1-4,9,11,15,22H,5-8,10H2,(H,24,27);2*1H. The molecule has 1 aliphatic heterocycles. The highest BCUT2D eigenvalue weighted by atomic mass is 35.5. The fourth-order valence-corrected chi connectivity index (χ4v) is 3.00. The van der Waals surface area contributed by atoms with E-state index < -0.39 is 30.5 Å². The van der Waals surface area contributed by atoms with E-state index in [1.807, 2.05) is 0 Å². The predicted octanol–water partition coefficient (Wildman–Crippen LogP) is 2.42. The van der Waals surface area contributed by atoms with E-state index in [0.717, 1.165) is 0 Å². The zero-order valence-electron chi connectivity index (χ0n) is 15.2. The zero-order valence-corrected chi connectivity index (χ0v) is 16.8. The van der Waals surface area contributed by atoms with E-state index in [4.69, 9.17) is 0 Å². The Balaban J connectivity index is 0.00000210. The van der Waals surface area contributed by atoms with Crippen LogP contribution >= 0.6 is 24.8 Å². The zero-order chi connectivity index (χ0) is 19.4. The largest absolute Gasteiger partial charge is 0.405 e. The van der Waals surface area contributed by atoms with Crippen LogP contribution in [-0.4, -0.2) is 65.3 Å². The molecule has 2 aromatic rings. The number of aromatic nitrogens is 2. The highest BCUT2D eigenvalue weighted by Crippen LogP contribution is 2.25. The molecule has 0 aliphatic carbocycles. The maximum atomic E-state index is 13.4. The van der Waals surface area contributed by atoms with Gasteiger partial charge in [-0.1, -0.05) is 0 Å². The molecule has 0 saturated carbocycles. The minimum atomic E-state index is -4.46. The smallest absolute Gasteiger partial charge is 0.349 e. The molecule has 1 atom stereocenters. The van der Waals surface area contributed by atoms with Crippen molar-refractivity contribution >= 4 is 30.7 Å². The third-order valence-corrected chi connectivity index (χ3v) is 4.40. The Morgan fingerprint density at radius 2 is 1.79 bits per heavy atom. The number of hydrogen-bond donors (Lipinski definition) is 2. The molecule has 2 heterocycles. The van der Waals surface area contributed by atoms with Crippen LogP contribution in [0.5, 0.6) is 0 Å². The third kappa shape index (κ3) is 6.30. The second kappa shape index (κ2) is 10.8. The lowest BCUT2D eigenvalue weighted by Gasteiger charge is -2.35. The summed E-state index contributed by atoms with van der Waals surface area (Å²) in [4.78, 5) is 17.6. The van der Waals surface area contributed by atoms with Gasteiger partial charge >= 0.3 is 6.18 Å². The van der Waals surface area contributed by atoms with Gasteiger partial charge < -0.3 is 10.6 Å². The Labute approximate surface area is 177 Å². The first-order chi connectivity index (χ1) is 12.9. The molecule has 1 aliphatic rings. The molecule has 0 bridgehead atoms. The SMILES string of the molecule is Cl.Cl.O=C(NCC(N1CCNCC1)C(F)(F)F)c1cncn1-c1ccc(F)cc1. The number of carbonyl (C=O) groups is 1.